The van der Waals surface area contributed by atoms with Gasteiger partial charge in [0, 0.05) is 0 Å². The van der Waals surface area contributed by atoms with Crippen LogP contribution >= 0.6 is 0 Å². The highest BCUT2D eigenvalue weighted by molar-refractivity contribution is 5.76. The van der Waals surface area contributed by atoms with Gasteiger partial charge in [0.25, 0.3) is 0 Å². The largest absolute Gasteiger partial charge is 0.514 e. The second-order valence-corrected chi connectivity index (χ2v) is 10.7. The van der Waals surface area contributed by atoms with Gasteiger partial charge in [0.2, 0.25) is 0 Å². The maximum atomic E-state index is 12.6. The van der Waals surface area contributed by atoms with Crippen LogP contribution < -0.4 is 15.2 Å². The predicted molar refractivity (Wildman–Crippen MR) is 140 cm³/mol. The van der Waals surface area contributed by atoms with Crippen molar-refractivity contribution in [2.45, 2.75) is 99.2 Å². The van der Waals surface area contributed by atoms with Crippen LogP contribution in [-0.2, 0) is 34.9 Å². The van der Waals surface area contributed by atoms with Crippen LogP contribution in [0.25, 0.3) is 0 Å². The molecule has 1 unspecified atom stereocenters. The van der Waals surface area contributed by atoms with Crippen molar-refractivity contribution >= 4 is 24.4 Å². The summed E-state index contributed by atoms with van der Waals surface area (Å²) in [6.45, 7) is 15.6. The van der Waals surface area contributed by atoms with E-state index in [1.807, 2.05) is 20.8 Å². The standard InChI is InChI=1S/C27H41NO11/c1-15(2)34-25(31)38-21-11-10-19(13-22(21)39-26(32)35-16(3)4)12-20(28)23(29)36-17(5)18(6)37-24(30)33-14-27(7,8)9/h10-11,13,15-18,20H,12,14,28H2,1-9H3/t17-,18?,20-/m0/s1. The number of hydrogen-bond acceptors (Lipinski definition) is 12. The molecule has 0 saturated heterocycles. The first-order chi connectivity index (χ1) is 18.0. The third-order valence-electron chi connectivity index (χ3n) is 4.69. The lowest BCUT2D eigenvalue weighted by molar-refractivity contribution is -0.155. The Bertz CT molecular complexity index is 984. The van der Waals surface area contributed by atoms with E-state index in [0.29, 0.717) is 5.56 Å². The normalized spacial score (nSPS) is 13.6. The molecule has 0 saturated carbocycles. The van der Waals surface area contributed by atoms with Gasteiger partial charge in [-0.2, -0.15) is 0 Å². The number of hydrogen-bond donors (Lipinski definition) is 1. The summed E-state index contributed by atoms with van der Waals surface area (Å²) in [6, 6.07) is 3.18. The Morgan fingerprint density at radius 2 is 1.26 bits per heavy atom. The summed E-state index contributed by atoms with van der Waals surface area (Å²) in [5.41, 5.74) is 6.28. The highest BCUT2D eigenvalue weighted by Crippen LogP contribution is 2.30. The van der Waals surface area contributed by atoms with Gasteiger partial charge in [0.15, 0.2) is 11.5 Å². The molecule has 1 rings (SSSR count). The molecule has 0 heterocycles. The molecule has 39 heavy (non-hydrogen) atoms. The molecule has 3 atom stereocenters. The zero-order valence-electron chi connectivity index (χ0n) is 24.1. The SMILES string of the molecule is CC(C)OC(=O)Oc1ccc(C[C@H](N)C(=O)O[C@@H](C)C(C)OC(=O)OCC(C)(C)C)cc1OC(=O)OC(C)C. The molecule has 2 N–H and O–H groups in total. The van der Waals surface area contributed by atoms with Gasteiger partial charge in [-0.25, -0.2) is 14.4 Å². The van der Waals surface area contributed by atoms with Crippen LogP contribution in [0.1, 0.15) is 67.9 Å². The van der Waals surface area contributed by atoms with Gasteiger partial charge in [0.05, 0.1) is 18.8 Å². The van der Waals surface area contributed by atoms with E-state index >= 15 is 0 Å². The molecule has 0 fully saturated rings. The fourth-order valence-corrected chi connectivity index (χ4v) is 2.72. The van der Waals surface area contributed by atoms with Crippen LogP contribution in [0.15, 0.2) is 18.2 Å². The molecule has 0 bridgehead atoms. The van der Waals surface area contributed by atoms with E-state index in [1.54, 1.807) is 41.5 Å². The van der Waals surface area contributed by atoms with E-state index in [0.717, 1.165) is 0 Å². The van der Waals surface area contributed by atoms with Gasteiger partial charge < -0.3 is 38.9 Å². The van der Waals surface area contributed by atoms with E-state index in [4.69, 9.17) is 38.9 Å². The first-order valence-corrected chi connectivity index (χ1v) is 12.7. The van der Waals surface area contributed by atoms with E-state index in [9.17, 15) is 19.2 Å². The number of nitrogens with two attached hydrogens (primary N) is 1. The third kappa shape index (κ3) is 13.7. The summed E-state index contributed by atoms with van der Waals surface area (Å²) in [7, 11) is 0. The van der Waals surface area contributed by atoms with Crippen LogP contribution in [0.5, 0.6) is 11.5 Å². The topological polar surface area (TPSA) is 159 Å². The molecule has 1 aromatic carbocycles. The molecule has 12 heteroatoms. The zero-order chi connectivity index (χ0) is 29.9. The lowest BCUT2D eigenvalue weighted by atomic mass is 9.99. The molecule has 0 aliphatic rings. The number of ether oxygens (including phenoxy) is 7. The minimum Gasteiger partial charge on any atom is -0.458 e. The summed E-state index contributed by atoms with van der Waals surface area (Å²) < 4.78 is 35.9. The summed E-state index contributed by atoms with van der Waals surface area (Å²) in [5.74, 6) is -0.980. The van der Waals surface area contributed by atoms with E-state index in [2.05, 4.69) is 0 Å². The second-order valence-electron chi connectivity index (χ2n) is 10.7. The van der Waals surface area contributed by atoms with Gasteiger partial charge in [-0.05, 0) is 71.1 Å². The summed E-state index contributed by atoms with van der Waals surface area (Å²) >= 11 is 0. The first kappa shape index (κ1) is 33.5. The van der Waals surface area contributed by atoms with Crippen LogP contribution in [-0.4, -0.2) is 61.5 Å². The zero-order valence-corrected chi connectivity index (χ0v) is 24.1. The smallest absolute Gasteiger partial charge is 0.458 e. The molecular formula is C27H41NO11. The molecule has 0 radical (unpaired) electrons. The molecule has 0 aliphatic carbocycles. The summed E-state index contributed by atoms with van der Waals surface area (Å²) in [5, 5.41) is 0. The quantitative estimate of drug-likeness (QED) is 0.223. The van der Waals surface area contributed by atoms with Crippen molar-refractivity contribution < 1.29 is 52.3 Å². The molecule has 0 amide bonds. The molecular weight excluding hydrogens is 514 g/mol. The molecule has 220 valence electrons. The Kier molecular flexibility index (Phi) is 13.0. The van der Waals surface area contributed by atoms with Crippen molar-refractivity contribution in [3.8, 4) is 11.5 Å². The highest BCUT2D eigenvalue weighted by Gasteiger charge is 2.26. The van der Waals surface area contributed by atoms with Gasteiger partial charge in [-0.3, -0.25) is 4.79 Å². The molecule has 0 aromatic heterocycles. The Hall–Kier alpha value is -3.54. The van der Waals surface area contributed by atoms with Crippen LogP contribution in [0.3, 0.4) is 0 Å². The summed E-state index contributed by atoms with van der Waals surface area (Å²) in [6.07, 6.45) is -5.37. The number of carbonyl (C=O) groups excluding carboxylic acids is 4. The van der Waals surface area contributed by atoms with Crippen molar-refractivity contribution in [2.24, 2.45) is 11.1 Å². The van der Waals surface area contributed by atoms with Crippen molar-refractivity contribution in [3.63, 3.8) is 0 Å². The monoisotopic (exact) mass is 555 g/mol. The second kappa shape index (κ2) is 15.2. The minimum atomic E-state index is -1.11. The van der Waals surface area contributed by atoms with Crippen LogP contribution in [0.4, 0.5) is 14.4 Å². The van der Waals surface area contributed by atoms with Gasteiger partial charge in [-0.1, -0.05) is 26.8 Å². The molecule has 1 aromatic rings. The minimum absolute atomic E-state index is 0.0132. The van der Waals surface area contributed by atoms with E-state index in [1.165, 1.54) is 18.2 Å². The molecule has 12 nitrogen and oxygen atoms in total. The molecule has 0 spiro atoms. The van der Waals surface area contributed by atoms with Crippen LogP contribution in [0, 0.1) is 5.41 Å². The van der Waals surface area contributed by atoms with Crippen molar-refractivity contribution in [1.29, 1.82) is 0 Å². The number of benzene rings is 1. The van der Waals surface area contributed by atoms with Gasteiger partial charge in [0.1, 0.15) is 18.2 Å². The third-order valence-corrected chi connectivity index (χ3v) is 4.69. The average molecular weight is 556 g/mol. The van der Waals surface area contributed by atoms with Crippen molar-refractivity contribution in [2.75, 3.05) is 6.61 Å². The number of carbonyl (C=O) groups is 4. The fourth-order valence-electron chi connectivity index (χ4n) is 2.72. The maximum absolute atomic E-state index is 12.6. The average Bonchev–Trinajstić information content (AvgIpc) is 2.77. The Labute approximate surface area is 229 Å². The lowest BCUT2D eigenvalue weighted by Crippen LogP contribution is -2.39. The summed E-state index contributed by atoms with van der Waals surface area (Å²) in [4.78, 5) is 48.5. The number of esters is 1. The van der Waals surface area contributed by atoms with Crippen LogP contribution in [0.2, 0.25) is 0 Å². The van der Waals surface area contributed by atoms with E-state index < -0.39 is 54.9 Å². The lowest BCUT2D eigenvalue weighted by Gasteiger charge is -2.23. The fraction of sp³-hybridized carbons (Fsp3) is 0.630. The first-order valence-electron chi connectivity index (χ1n) is 12.7. The predicted octanol–water partition coefficient (Wildman–Crippen LogP) is 4.92. The van der Waals surface area contributed by atoms with Crippen molar-refractivity contribution in [1.82, 2.24) is 0 Å². The Morgan fingerprint density at radius 3 is 1.77 bits per heavy atom. The maximum Gasteiger partial charge on any atom is 0.514 e. The van der Waals surface area contributed by atoms with Crippen molar-refractivity contribution in [3.05, 3.63) is 23.8 Å². The van der Waals surface area contributed by atoms with Gasteiger partial charge in [-0.15, -0.1) is 0 Å². The Morgan fingerprint density at radius 1 is 0.744 bits per heavy atom. The van der Waals surface area contributed by atoms with E-state index in [-0.39, 0.29) is 29.9 Å². The number of rotatable bonds is 11. The Balaban J connectivity index is 2.87. The van der Waals surface area contributed by atoms with Gasteiger partial charge >= 0.3 is 24.4 Å². The highest BCUT2D eigenvalue weighted by atomic mass is 16.8. The molecule has 0 aliphatic heterocycles.